The number of hydrogen-bond donors (Lipinski definition) is 1. The average Bonchev–Trinajstić information content (AvgIpc) is 4.09. The Morgan fingerprint density at radius 1 is 0.406 bits per heavy atom. The Morgan fingerprint density at radius 3 is 1.77 bits per heavy atom. The highest BCUT2D eigenvalue weighted by Crippen LogP contribution is 2.48. The van der Waals surface area contributed by atoms with E-state index in [0.29, 0.717) is 5.84 Å². The smallest absolute Gasteiger partial charge is 0.159 e. The Balaban J connectivity index is 1.08. The minimum atomic E-state index is -0.437. The summed E-state index contributed by atoms with van der Waals surface area (Å²) < 4.78 is 7.48. The van der Waals surface area contributed by atoms with E-state index in [0.717, 1.165) is 44.9 Å². The predicted molar refractivity (Wildman–Crippen MR) is 291 cm³/mol. The maximum Gasteiger partial charge on any atom is 0.159 e. The molecule has 1 N–H and O–H groups in total. The Kier molecular flexibility index (Phi) is 9.07. The van der Waals surface area contributed by atoms with Crippen LogP contribution in [0.5, 0.6) is 0 Å². The first-order valence-corrected chi connectivity index (χ1v) is 24.3. The minimum absolute atomic E-state index is 0.437. The van der Waals surface area contributed by atoms with Crippen LogP contribution in [0.15, 0.2) is 247 Å². The molecule has 1 aliphatic rings. The number of aromatic nitrogens is 2. The predicted octanol–water partition coefficient (Wildman–Crippen LogP) is 16.1. The fraction of sp³-hybridized carbons (Fsp3) is 0.0159. The Labute approximate surface area is 402 Å². The monoisotopic (exact) mass is 899 g/mol. The summed E-state index contributed by atoms with van der Waals surface area (Å²) in [6.07, 6.45) is -0.437. The standard InChI is InChI=1S/C63H41N5S/c1-4-20-40(21-5-1)61-64-62(41-22-6-2-7-23-41)66-63(65-61)50-29-12-16-35-54(50)68-53-34-15-11-28-49(53)59-51(38-42(39-56(59)68)44-30-18-32-47-45-26-13-17-37-57(45)69-60(44)47)46-31-19-36-55-58(46)48-27-10-14-33-52(48)67(55)43-24-8-3-9-25-43/h1-39,63H,(H,64,65,66). The summed E-state index contributed by atoms with van der Waals surface area (Å²) in [4.78, 5) is 10.5. The van der Waals surface area contributed by atoms with Crippen molar-refractivity contribution >= 4 is 86.8 Å². The highest BCUT2D eigenvalue weighted by molar-refractivity contribution is 7.26. The van der Waals surface area contributed by atoms with Gasteiger partial charge in [0.05, 0.1) is 27.8 Å². The molecular formula is C63H41N5S. The highest BCUT2D eigenvalue weighted by Gasteiger charge is 2.27. The number of hydrogen-bond acceptors (Lipinski definition) is 4. The fourth-order valence-corrected chi connectivity index (χ4v) is 12.0. The van der Waals surface area contributed by atoms with Crippen LogP contribution in [0.3, 0.4) is 0 Å². The van der Waals surface area contributed by atoms with Crippen molar-refractivity contribution in [3.8, 4) is 33.6 Å². The van der Waals surface area contributed by atoms with E-state index in [1.54, 1.807) is 0 Å². The number of nitrogens with one attached hydrogen (secondary N) is 1. The average molecular weight is 900 g/mol. The number of fused-ring (bicyclic) bond motifs is 9. The third-order valence-electron chi connectivity index (χ3n) is 13.8. The number of nitrogens with zero attached hydrogens (tertiary/aromatic N) is 4. The van der Waals surface area contributed by atoms with Crippen LogP contribution in [0.25, 0.3) is 97.4 Å². The zero-order chi connectivity index (χ0) is 45.4. The molecule has 13 aromatic rings. The van der Waals surface area contributed by atoms with Gasteiger partial charge < -0.3 is 14.5 Å². The molecule has 0 saturated heterocycles. The van der Waals surface area contributed by atoms with E-state index in [2.05, 4.69) is 227 Å². The molecule has 0 radical (unpaired) electrons. The van der Waals surface area contributed by atoms with Gasteiger partial charge in [0.15, 0.2) is 5.84 Å². The molecule has 69 heavy (non-hydrogen) atoms. The van der Waals surface area contributed by atoms with Crippen LogP contribution < -0.4 is 5.32 Å². The number of amidine groups is 2. The van der Waals surface area contributed by atoms with Gasteiger partial charge in [-0.05, 0) is 76.9 Å². The van der Waals surface area contributed by atoms with Crippen LogP contribution in [0.2, 0.25) is 0 Å². The van der Waals surface area contributed by atoms with E-state index in [-0.39, 0.29) is 0 Å². The van der Waals surface area contributed by atoms with Crippen molar-refractivity contribution in [2.75, 3.05) is 0 Å². The molecule has 4 heterocycles. The van der Waals surface area contributed by atoms with Crippen molar-refractivity contribution in [1.29, 1.82) is 0 Å². The molecule has 10 aromatic carbocycles. The molecule has 6 heteroatoms. The van der Waals surface area contributed by atoms with E-state index < -0.39 is 6.17 Å². The second-order valence-electron chi connectivity index (χ2n) is 17.7. The topological polar surface area (TPSA) is 46.6 Å². The Morgan fingerprint density at radius 2 is 0.986 bits per heavy atom. The normalized spacial score (nSPS) is 13.9. The van der Waals surface area contributed by atoms with Crippen LogP contribution in [-0.4, -0.2) is 20.8 Å². The van der Waals surface area contributed by atoms with Gasteiger partial charge in [-0.25, -0.2) is 9.98 Å². The van der Waals surface area contributed by atoms with Crippen LogP contribution in [0, 0.1) is 0 Å². The zero-order valence-corrected chi connectivity index (χ0v) is 38.1. The molecule has 1 atom stereocenters. The summed E-state index contributed by atoms with van der Waals surface area (Å²) in [6.45, 7) is 0. The lowest BCUT2D eigenvalue weighted by Crippen LogP contribution is -2.34. The lowest BCUT2D eigenvalue weighted by molar-refractivity contribution is 0.670. The molecule has 0 aliphatic carbocycles. The van der Waals surface area contributed by atoms with Crippen LogP contribution in [0.4, 0.5) is 0 Å². The van der Waals surface area contributed by atoms with Gasteiger partial charge in [-0.15, -0.1) is 11.3 Å². The minimum Gasteiger partial charge on any atom is -0.344 e. The number of thiophene rings is 1. The molecule has 0 fully saturated rings. The maximum atomic E-state index is 5.41. The van der Waals surface area contributed by atoms with Crippen molar-refractivity contribution in [1.82, 2.24) is 14.5 Å². The number of para-hydroxylation sites is 4. The summed E-state index contributed by atoms with van der Waals surface area (Å²) in [7, 11) is 0. The zero-order valence-electron chi connectivity index (χ0n) is 37.3. The first-order chi connectivity index (χ1) is 34.2. The molecule has 1 aliphatic heterocycles. The van der Waals surface area contributed by atoms with Crippen LogP contribution in [-0.2, 0) is 0 Å². The van der Waals surface area contributed by atoms with Crippen molar-refractivity contribution in [2.24, 2.45) is 9.98 Å². The van der Waals surface area contributed by atoms with Gasteiger partial charge in [0.1, 0.15) is 12.0 Å². The van der Waals surface area contributed by atoms with Crippen molar-refractivity contribution in [3.63, 3.8) is 0 Å². The van der Waals surface area contributed by atoms with Crippen molar-refractivity contribution in [3.05, 3.63) is 253 Å². The summed E-state index contributed by atoms with van der Waals surface area (Å²) in [5.41, 5.74) is 14.6. The Bertz CT molecular complexity index is 4220. The van der Waals surface area contributed by atoms with E-state index in [9.17, 15) is 0 Å². The van der Waals surface area contributed by atoms with Gasteiger partial charge in [0.2, 0.25) is 0 Å². The first-order valence-electron chi connectivity index (χ1n) is 23.4. The second-order valence-corrected chi connectivity index (χ2v) is 18.7. The molecule has 3 aromatic heterocycles. The van der Waals surface area contributed by atoms with Gasteiger partial charge >= 0.3 is 0 Å². The lowest BCUT2D eigenvalue weighted by atomic mass is 9.91. The van der Waals surface area contributed by atoms with E-state index in [1.807, 2.05) is 35.6 Å². The van der Waals surface area contributed by atoms with Gasteiger partial charge in [-0.1, -0.05) is 182 Å². The molecule has 14 rings (SSSR count). The molecule has 5 nitrogen and oxygen atoms in total. The van der Waals surface area contributed by atoms with E-state index in [1.165, 1.54) is 75.0 Å². The molecule has 0 amide bonds. The van der Waals surface area contributed by atoms with E-state index in [4.69, 9.17) is 9.98 Å². The Hall–Kier alpha value is -8.84. The largest absolute Gasteiger partial charge is 0.344 e. The molecule has 324 valence electrons. The summed E-state index contributed by atoms with van der Waals surface area (Å²) in [6, 6.07) is 85.3. The van der Waals surface area contributed by atoms with Gasteiger partial charge in [-0.2, -0.15) is 0 Å². The third kappa shape index (κ3) is 6.30. The fourth-order valence-electron chi connectivity index (χ4n) is 10.8. The van der Waals surface area contributed by atoms with Gasteiger partial charge in [0.25, 0.3) is 0 Å². The summed E-state index contributed by atoms with van der Waals surface area (Å²) in [5.74, 6) is 1.48. The second kappa shape index (κ2) is 15.9. The van der Waals surface area contributed by atoms with E-state index >= 15 is 0 Å². The van der Waals surface area contributed by atoms with Gasteiger partial charge in [-0.3, -0.25) is 0 Å². The third-order valence-corrected chi connectivity index (χ3v) is 15.0. The molecular weight excluding hydrogens is 859 g/mol. The maximum absolute atomic E-state index is 5.41. The van der Waals surface area contributed by atoms with Crippen LogP contribution in [0.1, 0.15) is 22.9 Å². The summed E-state index contributed by atoms with van der Waals surface area (Å²) in [5, 5.41) is 11.2. The van der Waals surface area contributed by atoms with Crippen molar-refractivity contribution in [2.45, 2.75) is 6.17 Å². The molecule has 0 bridgehead atoms. The molecule has 0 spiro atoms. The number of rotatable bonds is 7. The molecule has 0 saturated carbocycles. The van der Waals surface area contributed by atoms with Crippen molar-refractivity contribution < 1.29 is 0 Å². The summed E-state index contributed by atoms with van der Waals surface area (Å²) >= 11 is 1.87. The SMILES string of the molecule is c1ccc(C2=NC(c3ccccc3-n3c4ccccc4c4c(-c5cccc6c5c5ccccc5n6-c5ccccc5)cc(-c5cccc6c5sc5ccccc56)cc43)NC(c3ccccc3)=N2)cc1. The first kappa shape index (κ1) is 39.3. The number of benzene rings is 10. The van der Waals surface area contributed by atoms with Crippen LogP contribution >= 0.6 is 11.3 Å². The molecule has 1 unspecified atom stereocenters. The quantitative estimate of drug-likeness (QED) is 0.170. The lowest BCUT2D eigenvalue weighted by Gasteiger charge is -2.26. The highest BCUT2D eigenvalue weighted by atomic mass is 32.1. The number of aliphatic imine (C=N–C) groups is 2. The van der Waals surface area contributed by atoms with Gasteiger partial charge in [0, 0.05) is 64.1 Å².